The summed E-state index contributed by atoms with van der Waals surface area (Å²) in [4.78, 5) is 14.7. The summed E-state index contributed by atoms with van der Waals surface area (Å²) < 4.78 is 6.95. The number of fused-ring (bicyclic) bond motifs is 1. The summed E-state index contributed by atoms with van der Waals surface area (Å²) in [5.74, 6) is 1.49. The molecule has 0 bridgehead atoms. The Bertz CT molecular complexity index is 1380. The molecule has 2 N–H and O–H groups in total. The van der Waals surface area contributed by atoms with Gasteiger partial charge in [-0.1, -0.05) is 6.07 Å². The Labute approximate surface area is 209 Å². The number of ether oxygens (including phenoxy) is 1. The van der Waals surface area contributed by atoms with E-state index in [9.17, 15) is 5.26 Å². The molecule has 4 aromatic heterocycles. The second-order valence-corrected chi connectivity index (χ2v) is 9.59. The largest absolute Gasteiger partial charge is 0.481 e. The van der Waals surface area contributed by atoms with Gasteiger partial charge in [-0.3, -0.25) is 4.68 Å². The predicted molar refractivity (Wildman–Crippen MR) is 136 cm³/mol. The summed E-state index contributed by atoms with van der Waals surface area (Å²) in [6.07, 6.45) is 11.2. The van der Waals surface area contributed by atoms with Crippen LogP contribution < -0.4 is 15.0 Å². The average molecular weight is 481 g/mol. The third kappa shape index (κ3) is 4.10. The smallest absolute Gasteiger partial charge is 0.212 e. The Kier molecular flexibility index (Phi) is 5.66. The average Bonchev–Trinajstić information content (AvgIpc) is 3.56. The number of aryl methyl sites for hydroxylation is 1. The third-order valence-electron chi connectivity index (χ3n) is 7.37. The zero-order chi connectivity index (χ0) is 24.6. The Morgan fingerprint density at radius 3 is 2.72 bits per heavy atom. The van der Waals surface area contributed by atoms with E-state index in [0.29, 0.717) is 11.9 Å². The predicted octanol–water partition coefficient (Wildman–Crippen LogP) is 3.18. The molecule has 2 fully saturated rings. The highest BCUT2D eigenvalue weighted by atomic mass is 16.5. The Morgan fingerprint density at radius 1 is 1.11 bits per heavy atom. The van der Waals surface area contributed by atoms with Gasteiger partial charge < -0.3 is 19.9 Å². The van der Waals surface area contributed by atoms with Crippen molar-refractivity contribution in [3.05, 3.63) is 66.9 Å². The van der Waals surface area contributed by atoms with E-state index >= 15 is 0 Å². The van der Waals surface area contributed by atoms with Gasteiger partial charge in [0.05, 0.1) is 25.3 Å². The number of methoxy groups -OCH3 is 1. The maximum absolute atomic E-state index is 9.89. The summed E-state index contributed by atoms with van der Waals surface area (Å²) in [6.45, 7) is 0.891. The minimum Gasteiger partial charge on any atom is -0.481 e. The first-order chi connectivity index (χ1) is 17.6. The number of pyridine rings is 2. The molecule has 6 heterocycles. The maximum Gasteiger partial charge on any atom is 0.212 e. The normalized spacial score (nSPS) is 23.0. The standard InChI is InChI=1S/C27H28N8O/c1-34-15-21(14-32-34)22-8-20(13-29-22)18-4-5-26(30-12-18)35-16-24-25(35)9-19(10-28)23(33-24)7-17-3-6-27(36-2)31-11-17/h3-6,8,11-15,19,23-25,29,33H,7,9,16H2,1-2H3/t19?,23?,24-,25-/m0/s1. The molecule has 2 unspecified atom stereocenters. The van der Waals surface area contributed by atoms with Crippen LogP contribution in [-0.2, 0) is 13.5 Å². The van der Waals surface area contributed by atoms with Crippen LogP contribution in [0.3, 0.4) is 0 Å². The van der Waals surface area contributed by atoms with E-state index in [4.69, 9.17) is 9.72 Å². The van der Waals surface area contributed by atoms with E-state index in [0.717, 1.165) is 53.2 Å². The van der Waals surface area contributed by atoms with Crippen molar-refractivity contribution in [2.24, 2.45) is 13.0 Å². The van der Waals surface area contributed by atoms with E-state index in [1.165, 1.54) is 0 Å². The Morgan fingerprint density at radius 2 is 2.03 bits per heavy atom. The van der Waals surface area contributed by atoms with E-state index in [1.807, 2.05) is 50.2 Å². The summed E-state index contributed by atoms with van der Waals surface area (Å²) in [5.41, 5.74) is 5.35. The summed E-state index contributed by atoms with van der Waals surface area (Å²) in [7, 11) is 3.52. The van der Waals surface area contributed by atoms with Crippen LogP contribution in [-0.4, -0.2) is 56.5 Å². The topological polar surface area (TPSA) is 108 Å². The number of hydrogen-bond acceptors (Lipinski definition) is 7. The molecule has 0 aliphatic carbocycles. The van der Waals surface area contributed by atoms with Crippen LogP contribution in [0.1, 0.15) is 12.0 Å². The van der Waals surface area contributed by atoms with Crippen LogP contribution in [0.15, 0.2) is 61.3 Å². The third-order valence-corrected chi connectivity index (χ3v) is 7.37. The van der Waals surface area contributed by atoms with Gasteiger partial charge in [0, 0.05) is 85.0 Å². The van der Waals surface area contributed by atoms with Gasteiger partial charge in [-0.05, 0) is 36.6 Å². The first kappa shape index (κ1) is 22.3. The Balaban J connectivity index is 1.11. The van der Waals surface area contributed by atoms with Crippen LogP contribution >= 0.6 is 0 Å². The number of hydrogen-bond donors (Lipinski definition) is 2. The van der Waals surface area contributed by atoms with Crippen molar-refractivity contribution in [2.75, 3.05) is 18.6 Å². The number of aromatic amines is 1. The Hall–Kier alpha value is -4.16. The van der Waals surface area contributed by atoms with Crippen molar-refractivity contribution in [3.63, 3.8) is 0 Å². The fraction of sp³-hybridized carbons (Fsp3) is 0.333. The lowest BCUT2D eigenvalue weighted by atomic mass is 9.77. The van der Waals surface area contributed by atoms with Gasteiger partial charge in [0.15, 0.2) is 0 Å². The molecular formula is C27H28N8O. The van der Waals surface area contributed by atoms with Crippen molar-refractivity contribution < 1.29 is 4.74 Å². The molecule has 9 heteroatoms. The maximum atomic E-state index is 9.89. The van der Waals surface area contributed by atoms with Gasteiger partial charge in [-0.2, -0.15) is 10.4 Å². The van der Waals surface area contributed by atoms with Gasteiger partial charge in [-0.25, -0.2) is 9.97 Å². The van der Waals surface area contributed by atoms with Crippen LogP contribution in [0.5, 0.6) is 5.88 Å². The lowest BCUT2D eigenvalue weighted by molar-refractivity contribution is 0.178. The number of anilines is 1. The number of aromatic nitrogens is 5. The van der Waals surface area contributed by atoms with Crippen molar-refractivity contribution in [2.45, 2.75) is 31.0 Å². The molecule has 0 radical (unpaired) electrons. The highest BCUT2D eigenvalue weighted by molar-refractivity contribution is 5.71. The lowest BCUT2D eigenvalue weighted by Crippen LogP contribution is -2.72. The summed E-state index contributed by atoms with van der Waals surface area (Å²) in [6, 6.07) is 13.5. The summed E-state index contributed by atoms with van der Waals surface area (Å²) >= 11 is 0. The molecule has 2 saturated heterocycles. The fourth-order valence-corrected chi connectivity index (χ4v) is 5.35. The first-order valence-corrected chi connectivity index (χ1v) is 12.2. The minimum absolute atomic E-state index is 0.0684. The van der Waals surface area contributed by atoms with Gasteiger partial charge in [0.1, 0.15) is 5.82 Å². The second-order valence-electron chi connectivity index (χ2n) is 9.59. The second kappa shape index (κ2) is 9.13. The lowest BCUT2D eigenvalue weighted by Gasteiger charge is -2.55. The molecule has 0 saturated carbocycles. The number of rotatable bonds is 6. The van der Waals surface area contributed by atoms with Gasteiger partial charge in [-0.15, -0.1) is 0 Å². The molecule has 0 amide bonds. The molecule has 9 nitrogen and oxygen atoms in total. The molecule has 2 aliphatic rings. The van der Waals surface area contributed by atoms with Crippen molar-refractivity contribution in [1.82, 2.24) is 30.0 Å². The highest BCUT2D eigenvalue weighted by Crippen LogP contribution is 2.36. The van der Waals surface area contributed by atoms with Gasteiger partial charge >= 0.3 is 0 Å². The molecule has 182 valence electrons. The van der Waals surface area contributed by atoms with E-state index in [-0.39, 0.29) is 18.0 Å². The molecule has 0 aromatic carbocycles. The number of nitriles is 1. The molecule has 2 aliphatic heterocycles. The molecule has 36 heavy (non-hydrogen) atoms. The van der Waals surface area contributed by atoms with Crippen molar-refractivity contribution in [1.29, 1.82) is 5.26 Å². The zero-order valence-electron chi connectivity index (χ0n) is 20.3. The van der Waals surface area contributed by atoms with E-state index in [1.54, 1.807) is 11.8 Å². The highest BCUT2D eigenvalue weighted by Gasteiger charge is 2.47. The van der Waals surface area contributed by atoms with Crippen LogP contribution in [0, 0.1) is 17.2 Å². The van der Waals surface area contributed by atoms with Crippen LogP contribution in [0.2, 0.25) is 0 Å². The quantitative estimate of drug-likeness (QED) is 0.436. The van der Waals surface area contributed by atoms with Crippen molar-refractivity contribution in [3.8, 4) is 34.3 Å². The van der Waals surface area contributed by atoms with E-state index in [2.05, 4.69) is 49.6 Å². The molecule has 4 atom stereocenters. The number of H-pyrrole nitrogens is 1. The van der Waals surface area contributed by atoms with Gasteiger partial charge in [0.25, 0.3) is 0 Å². The SMILES string of the molecule is COc1ccc(CC2N[C@H]3CN(c4ccc(-c5c[nH]c(-c6cnn(C)c6)c5)cn4)[C@H]3CC2C#N)cn1. The monoisotopic (exact) mass is 480 g/mol. The van der Waals surface area contributed by atoms with Crippen molar-refractivity contribution >= 4 is 5.82 Å². The van der Waals surface area contributed by atoms with Gasteiger partial charge in [0.2, 0.25) is 5.88 Å². The zero-order valence-corrected chi connectivity index (χ0v) is 20.3. The van der Waals surface area contributed by atoms with Crippen LogP contribution in [0.25, 0.3) is 22.4 Å². The van der Waals surface area contributed by atoms with Crippen LogP contribution in [0.4, 0.5) is 5.82 Å². The fourth-order valence-electron chi connectivity index (χ4n) is 5.35. The molecule has 4 aromatic rings. The summed E-state index contributed by atoms with van der Waals surface area (Å²) in [5, 5.41) is 17.9. The number of nitrogens with zero attached hydrogens (tertiary/aromatic N) is 6. The first-order valence-electron chi connectivity index (χ1n) is 12.2. The molecule has 6 rings (SSSR count). The number of nitrogens with one attached hydrogen (secondary N) is 2. The molecule has 0 spiro atoms. The minimum atomic E-state index is -0.0684. The molecular weight excluding hydrogens is 452 g/mol. The number of piperidine rings is 1. The van der Waals surface area contributed by atoms with E-state index < -0.39 is 0 Å².